The van der Waals surface area contributed by atoms with Crippen LogP contribution in [0.15, 0.2) is 24.3 Å². The molecule has 1 aliphatic rings. The zero-order valence-corrected chi connectivity index (χ0v) is 14.0. The quantitative estimate of drug-likeness (QED) is 0.832. The van der Waals surface area contributed by atoms with E-state index in [1.807, 2.05) is 31.3 Å². The first-order chi connectivity index (χ1) is 10.2. The predicted octanol–water partition coefficient (Wildman–Crippen LogP) is 2.10. The molecule has 1 N–H and O–H groups in total. The van der Waals surface area contributed by atoms with E-state index < -0.39 is 0 Å². The topological polar surface area (TPSA) is 50.8 Å². The van der Waals surface area contributed by atoms with Crippen LogP contribution in [0.3, 0.4) is 0 Å². The lowest BCUT2D eigenvalue weighted by atomic mass is 10.2. The summed E-state index contributed by atoms with van der Waals surface area (Å²) in [5.41, 5.74) is 0. The lowest BCUT2D eigenvalue weighted by Gasteiger charge is -2.23. The first kappa shape index (κ1) is 18.6. The minimum Gasteiger partial charge on any atom is -0.494 e. The Balaban J connectivity index is 0.00000242. The zero-order chi connectivity index (χ0) is 15.1. The Kier molecular flexibility index (Phi) is 8.06. The summed E-state index contributed by atoms with van der Waals surface area (Å²) in [4.78, 5) is 13.8. The summed E-state index contributed by atoms with van der Waals surface area (Å²) in [5.74, 6) is 1.52. The molecule has 1 aliphatic heterocycles. The molecule has 0 aromatic heterocycles. The fourth-order valence-electron chi connectivity index (χ4n) is 2.27. The molecule has 6 heteroatoms. The highest BCUT2D eigenvalue weighted by atomic mass is 35.5. The van der Waals surface area contributed by atoms with Crippen molar-refractivity contribution in [2.45, 2.75) is 25.8 Å². The van der Waals surface area contributed by atoms with Crippen LogP contribution in [0.5, 0.6) is 11.5 Å². The van der Waals surface area contributed by atoms with Crippen LogP contribution in [-0.2, 0) is 4.79 Å². The molecule has 1 atom stereocenters. The van der Waals surface area contributed by atoms with Gasteiger partial charge in [0, 0.05) is 19.6 Å². The molecule has 5 nitrogen and oxygen atoms in total. The van der Waals surface area contributed by atoms with Crippen LogP contribution in [0, 0.1) is 0 Å². The molecule has 0 radical (unpaired) electrons. The highest BCUT2D eigenvalue weighted by Gasteiger charge is 2.23. The van der Waals surface area contributed by atoms with E-state index in [1.54, 1.807) is 4.90 Å². The standard InChI is InChI=1S/C16H24N2O3.ClH/c1-3-10-20-14-4-6-15(7-5-14)21-12-16(19)18(2)13-8-9-17-11-13;/h4-7,13,17H,3,8-12H2,1-2H3;1H. The predicted molar refractivity (Wildman–Crippen MR) is 89.0 cm³/mol. The molecule has 1 amide bonds. The van der Waals surface area contributed by atoms with Gasteiger partial charge in [0.25, 0.3) is 5.91 Å². The monoisotopic (exact) mass is 328 g/mol. The molecule has 1 aromatic rings. The first-order valence-corrected chi connectivity index (χ1v) is 7.52. The van der Waals surface area contributed by atoms with Crippen molar-refractivity contribution in [1.29, 1.82) is 0 Å². The summed E-state index contributed by atoms with van der Waals surface area (Å²) < 4.78 is 11.0. The van der Waals surface area contributed by atoms with Crippen molar-refractivity contribution < 1.29 is 14.3 Å². The van der Waals surface area contributed by atoms with Gasteiger partial charge in [-0.2, -0.15) is 0 Å². The van der Waals surface area contributed by atoms with Crippen molar-refractivity contribution in [1.82, 2.24) is 10.2 Å². The maximum atomic E-state index is 12.1. The molecule has 1 fully saturated rings. The van der Waals surface area contributed by atoms with Crippen molar-refractivity contribution in [2.75, 3.05) is 33.4 Å². The SMILES string of the molecule is CCCOc1ccc(OCC(=O)N(C)C2CCNC2)cc1.Cl. The zero-order valence-electron chi connectivity index (χ0n) is 13.2. The average Bonchev–Trinajstić information content (AvgIpc) is 3.05. The number of rotatable bonds is 7. The third-order valence-corrected chi connectivity index (χ3v) is 3.63. The minimum absolute atomic E-state index is 0. The number of carbonyl (C=O) groups is 1. The van der Waals surface area contributed by atoms with E-state index in [-0.39, 0.29) is 31.0 Å². The number of likely N-dealkylation sites (N-methyl/N-ethyl adjacent to an activating group) is 1. The number of ether oxygens (including phenoxy) is 2. The first-order valence-electron chi connectivity index (χ1n) is 7.52. The minimum atomic E-state index is 0. The van der Waals surface area contributed by atoms with Crippen LogP contribution < -0.4 is 14.8 Å². The van der Waals surface area contributed by atoms with E-state index in [0.29, 0.717) is 12.4 Å². The Morgan fingerprint density at radius 2 is 1.91 bits per heavy atom. The highest BCUT2D eigenvalue weighted by Crippen LogP contribution is 2.18. The van der Waals surface area contributed by atoms with Crippen molar-refractivity contribution in [3.05, 3.63) is 24.3 Å². The Morgan fingerprint density at radius 3 is 2.45 bits per heavy atom. The number of nitrogens with zero attached hydrogens (tertiary/aromatic N) is 1. The average molecular weight is 329 g/mol. The Hall–Kier alpha value is -1.46. The number of carbonyl (C=O) groups excluding carboxylic acids is 1. The van der Waals surface area contributed by atoms with Crippen LogP contribution >= 0.6 is 12.4 Å². The van der Waals surface area contributed by atoms with Crippen molar-refractivity contribution in [2.24, 2.45) is 0 Å². The number of halogens is 1. The molecule has 1 saturated heterocycles. The van der Waals surface area contributed by atoms with Gasteiger partial charge in [0.05, 0.1) is 6.61 Å². The van der Waals surface area contributed by atoms with Gasteiger partial charge in [0.15, 0.2) is 6.61 Å². The van der Waals surface area contributed by atoms with Crippen molar-refractivity contribution in [3.8, 4) is 11.5 Å². The van der Waals surface area contributed by atoms with Crippen LogP contribution in [0.2, 0.25) is 0 Å². The van der Waals surface area contributed by atoms with Gasteiger partial charge in [0.1, 0.15) is 11.5 Å². The largest absolute Gasteiger partial charge is 0.494 e. The van der Waals surface area contributed by atoms with Gasteiger partial charge >= 0.3 is 0 Å². The normalized spacial score (nSPS) is 16.7. The second-order valence-corrected chi connectivity index (χ2v) is 5.26. The molecule has 1 heterocycles. The second-order valence-electron chi connectivity index (χ2n) is 5.26. The second kappa shape index (κ2) is 9.54. The van der Waals surface area contributed by atoms with Gasteiger partial charge < -0.3 is 19.7 Å². The molecule has 124 valence electrons. The molecule has 2 rings (SSSR count). The van der Waals surface area contributed by atoms with E-state index in [1.165, 1.54) is 0 Å². The van der Waals surface area contributed by atoms with Gasteiger partial charge in [-0.3, -0.25) is 4.79 Å². The summed E-state index contributed by atoms with van der Waals surface area (Å²) in [6, 6.07) is 7.66. The molecule has 0 bridgehead atoms. The fourth-order valence-corrected chi connectivity index (χ4v) is 2.27. The maximum absolute atomic E-state index is 12.1. The van der Waals surface area contributed by atoms with Crippen LogP contribution in [0.1, 0.15) is 19.8 Å². The van der Waals surface area contributed by atoms with Gasteiger partial charge in [-0.1, -0.05) is 6.92 Å². The van der Waals surface area contributed by atoms with Gasteiger partial charge in [-0.05, 0) is 43.7 Å². The van der Waals surface area contributed by atoms with E-state index in [9.17, 15) is 4.79 Å². The number of hydrogen-bond acceptors (Lipinski definition) is 4. The molecular formula is C16H25ClN2O3. The Bertz CT molecular complexity index is 447. The highest BCUT2D eigenvalue weighted by molar-refractivity contribution is 5.85. The molecular weight excluding hydrogens is 304 g/mol. The van der Waals surface area contributed by atoms with Gasteiger partial charge in [-0.25, -0.2) is 0 Å². The van der Waals surface area contributed by atoms with Crippen molar-refractivity contribution in [3.63, 3.8) is 0 Å². The van der Waals surface area contributed by atoms with Crippen LogP contribution in [-0.4, -0.2) is 50.2 Å². The summed E-state index contributed by atoms with van der Waals surface area (Å²) in [6.45, 7) is 4.69. The molecule has 1 unspecified atom stereocenters. The number of nitrogens with one attached hydrogen (secondary N) is 1. The van der Waals surface area contributed by atoms with Crippen LogP contribution in [0.4, 0.5) is 0 Å². The van der Waals surface area contributed by atoms with Crippen molar-refractivity contribution >= 4 is 18.3 Å². The fraction of sp³-hybridized carbons (Fsp3) is 0.562. The Labute approximate surface area is 138 Å². The lowest BCUT2D eigenvalue weighted by Crippen LogP contribution is -2.40. The van der Waals surface area contributed by atoms with E-state index in [2.05, 4.69) is 12.2 Å². The lowest BCUT2D eigenvalue weighted by molar-refractivity contribution is -0.133. The summed E-state index contributed by atoms with van der Waals surface area (Å²) >= 11 is 0. The number of benzene rings is 1. The molecule has 22 heavy (non-hydrogen) atoms. The smallest absolute Gasteiger partial charge is 0.260 e. The molecule has 0 spiro atoms. The summed E-state index contributed by atoms with van der Waals surface area (Å²) in [6.07, 6.45) is 1.99. The van der Waals surface area contributed by atoms with Gasteiger partial charge in [0.2, 0.25) is 0 Å². The maximum Gasteiger partial charge on any atom is 0.260 e. The number of hydrogen-bond donors (Lipinski definition) is 1. The third kappa shape index (κ3) is 5.39. The molecule has 1 aromatic carbocycles. The van der Waals surface area contributed by atoms with E-state index in [0.717, 1.165) is 31.7 Å². The Morgan fingerprint density at radius 1 is 1.27 bits per heavy atom. The summed E-state index contributed by atoms with van der Waals surface area (Å²) in [7, 11) is 1.84. The number of amides is 1. The third-order valence-electron chi connectivity index (χ3n) is 3.63. The van der Waals surface area contributed by atoms with E-state index in [4.69, 9.17) is 9.47 Å². The van der Waals surface area contributed by atoms with Gasteiger partial charge in [-0.15, -0.1) is 12.4 Å². The van der Waals surface area contributed by atoms with E-state index >= 15 is 0 Å². The molecule has 0 saturated carbocycles. The molecule has 0 aliphatic carbocycles. The van der Waals surface area contributed by atoms with Crippen LogP contribution in [0.25, 0.3) is 0 Å². The summed E-state index contributed by atoms with van der Waals surface area (Å²) in [5, 5.41) is 3.26.